The lowest BCUT2D eigenvalue weighted by atomic mass is 10.3. The Morgan fingerprint density at radius 3 is 2.44 bits per heavy atom. The van der Waals surface area contributed by atoms with Gasteiger partial charge < -0.3 is 9.80 Å². The molecule has 0 radical (unpaired) electrons. The molecule has 1 aliphatic carbocycles. The van der Waals surface area contributed by atoms with Crippen molar-refractivity contribution >= 4 is 40.1 Å². The monoisotopic (exact) mass is 378 g/mol. The number of anilines is 1. The Morgan fingerprint density at radius 2 is 1.83 bits per heavy atom. The Kier molecular flexibility index (Phi) is 3.64. The molecular formula is C12H16ClIN4. The first-order valence-corrected chi connectivity index (χ1v) is 7.77. The fraction of sp³-hybridized carbons (Fsp3) is 0.667. The minimum atomic E-state index is 0.612. The fourth-order valence-electron chi connectivity index (χ4n) is 2.20. The topological polar surface area (TPSA) is 32.3 Å². The van der Waals surface area contributed by atoms with E-state index in [1.165, 1.54) is 12.8 Å². The maximum atomic E-state index is 6.24. The maximum absolute atomic E-state index is 6.24. The summed E-state index contributed by atoms with van der Waals surface area (Å²) >= 11 is 8.51. The van der Waals surface area contributed by atoms with E-state index in [0.29, 0.717) is 11.1 Å². The molecular weight excluding hydrogens is 363 g/mol. The number of aromatic nitrogens is 2. The normalized spacial score (nSPS) is 21.4. The van der Waals surface area contributed by atoms with Crippen molar-refractivity contribution in [1.82, 2.24) is 14.9 Å². The molecule has 1 aromatic rings. The van der Waals surface area contributed by atoms with Gasteiger partial charge in [-0.3, -0.25) is 0 Å². The average molecular weight is 379 g/mol. The highest BCUT2D eigenvalue weighted by molar-refractivity contribution is 14.1. The van der Waals surface area contributed by atoms with E-state index in [9.17, 15) is 0 Å². The third-order valence-electron chi connectivity index (χ3n) is 3.57. The summed E-state index contributed by atoms with van der Waals surface area (Å²) < 4.78 is 1.04. The van der Waals surface area contributed by atoms with Crippen molar-refractivity contribution in [3.63, 3.8) is 0 Å². The standard InChI is InChI=1S/C12H16ClIN4/c1-17-4-6-18(7-5-17)12-15-10(8-2-3-8)9(14)11(13)16-12/h8H,2-7H2,1H3. The first-order valence-electron chi connectivity index (χ1n) is 6.31. The molecule has 2 fully saturated rings. The molecule has 0 amide bonds. The van der Waals surface area contributed by atoms with E-state index < -0.39 is 0 Å². The van der Waals surface area contributed by atoms with Crippen molar-refractivity contribution in [2.75, 3.05) is 38.1 Å². The summed E-state index contributed by atoms with van der Waals surface area (Å²) in [6.45, 7) is 4.09. The Hall–Kier alpha value is -0.140. The van der Waals surface area contributed by atoms with E-state index in [2.05, 4.69) is 44.4 Å². The van der Waals surface area contributed by atoms with Gasteiger partial charge in [0.1, 0.15) is 5.15 Å². The van der Waals surface area contributed by atoms with Gasteiger partial charge in [0.05, 0.1) is 9.26 Å². The van der Waals surface area contributed by atoms with Gasteiger partial charge in [-0.1, -0.05) is 11.6 Å². The van der Waals surface area contributed by atoms with E-state index in [-0.39, 0.29) is 0 Å². The SMILES string of the molecule is CN1CCN(c2nc(Cl)c(I)c(C3CC3)n2)CC1. The van der Waals surface area contributed by atoms with E-state index in [0.717, 1.165) is 41.4 Å². The molecule has 18 heavy (non-hydrogen) atoms. The minimum Gasteiger partial charge on any atom is -0.338 e. The first-order chi connectivity index (χ1) is 8.65. The van der Waals surface area contributed by atoms with Gasteiger partial charge in [0.25, 0.3) is 0 Å². The van der Waals surface area contributed by atoms with E-state index in [1.54, 1.807) is 0 Å². The second kappa shape index (κ2) is 5.09. The lowest BCUT2D eigenvalue weighted by Crippen LogP contribution is -2.45. The van der Waals surface area contributed by atoms with Crippen LogP contribution in [0.4, 0.5) is 5.95 Å². The summed E-state index contributed by atoms with van der Waals surface area (Å²) in [6, 6.07) is 0. The van der Waals surface area contributed by atoms with Crippen LogP contribution in [0.2, 0.25) is 5.15 Å². The van der Waals surface area contributed by atoms with Gasteiger partial charge in [-0.2, -0.15) is 4.98 Å². The largest absolute Gasteiger partial charge is 0.338 e. The number of piperazine rings is 1. The number of halogens is 2. The molecule has 2 heterocycles. The van der Waals surface area contributed by atoms with Crippen LogP contribution in [0.5, 0.6) is 0 Å². The summed E-state index contributed by atoms with van der Waals surface area (Å²) in [5, 5.41) is 0.612. The van der Waals surface area contributed by atoms with Gasteiger partial charge in [-0.05, 0) is 42.5 Å². The van der Waals surface area contributed by atoms with Crippen LogP contribution < -0.4 is 4.90 Å². The second-order valence-corrected chi connectivity index (χ2v) is 6.51. The molecule has 0 spiro atoms. The molecule has 98 valence electrons. The molecule has 0 N–H and O–H groups in total. The van der Waals surface area contributed by atoms with Crippen LogP contribution in [0.25, 0.3) is 0 Å². The molecule has 0 unspecified atom stereocenters. The van der Waals surface area contributed by atoms with E-state index >= 15 is 0 Å². The summed E-state index contributed by atoms with van der Waals surface area (Å²) in [7, 11) is 2.15. The predicted molar refractivity (Wildman–Crippen MR) is 81.4 cm³/mol. The number of likely N-dealkylation sites (N-methyl/N-ethyl adjacent to an activating group) is 1. The van der Waals surface area contributed by atoms with Crippen LogP contribution in [0.3, 0.4) is 0 Å². The Labute approximate surface area is 126 Å². The highest BCUT2D eigenvalue weighted by Gasteiger charge is 2.30. The lowest BCUT2D eigenvalue weighted by molar-refractivity contribution is 0.311. The summed E-state index contributed by atoms with van der Waals surface area (Å²) in [6.07, 6.45) is 2.48. The quantitative estimate of drug-likeness (QED) is 0.584. The number of hydrogen-bond acceptors (Lipinski definition) is 4. The molecule has 4 nitrogen and oxygen atoms in total. The van der Waals surface area contributed by atoms with Gasteiger partial charge in [0.15, 0.2) is 0 Å². The van der Waals surface area contributed by atoms with Crippen molar-refractivity contribution in [2.45, 2.75) is 18.8 Å². The highest BCUT2D eigenvalue weighted by atomic mass is 127. The Morgan fingerprint density at radius 1 is 1.17 bits per heavy atom. The van der Waals surface area contributed by atoms with Crippen LogP contribution in [0.1, 0.15) is 24.5 Å². The summed E-state index contributed by atoms with van der Waals surface area (Å²) in [4.78, 5) is 13.8. The van der Waals surface area contributed by atoms with Gasteiger partial charge in [0, 0.05) is 32.1 Å². The lowest BCUT2D eigenvalue weighted by Gasteiger charge is -2.32. The van der Waals surface area contributed by atoms with Crippen LogP contribution in [0.15, 0.2) is 0 Å². The van der Waals surface area contributed by atoms with Crippen molar-refractivity contribution < 1.29 is 0 Å². The van der Waals surface area contributed by atoms with Crippen LogP contribution in [-0.2, 0) is 0 Å². The van der Waals surface area contributed by atoms with Crippen LogP contribution in [0, 0.1) is 3.57 Å². The smallest absolute Gasteiger partial charge is 0.227 e. The van der Waals surface area contributed by atoms with E-state index in [4.69, 9.17) is 16.6 Å². The molecule has 3 rings (SSSR count). The number of nitrogens with zero attached hydrogens (tertiary/aromatic N) is 4. The molecule has 0 atom stereocenters. The molecule has 1 aliphatic heterocycles. The van der Waals surface area contributed by atoms with E-state index in [1.807, 2.05) is 0 Å². The fourth-order valence-corrected chi connectivity index (χ4v) is 3.05. The molecule has 2 aliphatic rings. The zero-order valence-electron chi connectivity index (χ0n) is 10.4. The Bertz CT molecular complexity index is 456. The van der Waals surface area contributed by atoms with Gasteiger partial charge in [-0.25, -0.2) is 4.98 Å². The third-order valence-corrected chi connectivity index (χ3v) is 5.23. The molecule has 1 aromatic heterocycles. The van der Waals surface area contributed by atoms with Crippen molar-refractivity contribution in [2.24, 2.45) is 0 Å². The summed E-state index contributed by atoms with van der Waals surface area (Å²) in [5.74, 6) is 1.43. The number of rotatable bonds is 2. The average Bonchev–Trinajstić information content (AvgIpc) is 3.18. The van der Waals surface area contributed by atoms with Gasteiger partial charge in [-0.15, -0.1) is 0 Å². The zero-order chi connectivity index (χ0) is 12.7. The Balaban J connectivity index is 1.87. The van der Waals surface area contributed by atoms with Gasteiger partial charge >= 0.3 is 0 Å². The second-order valence-electron chi connectivity index (χ2n) is 5.08. The molecule has 1 saturated carbocycles. The minimum absolute atomic E-state index is 0.612. The maximum Gasteiger partial charge on any atom is 0.227 e. The van der Waals surface area contributed by atoms with Crippen LogP contribution >= 0.6 is 34.2 Å². The van der Waals surface area contributed by atoms with Crippen molar-refractivity contribution in [3.05, 3.63) is 14.4 Å². The van der Waals surface area contributed by atoms with Crippen molar-refractivity contribution in [3.8, 4) is 0 Å². The molecule has 0 aromatic carbocycles. The summed E-state index contributed by atoms with van der Waals surface area (Å²) in [5.41, 5.74) is 1.16. The zero-order valence-corrected chi connectivity index (χ0v) is 13.3. The number of hydrogen-bond donors (Lipinski definition) is 0. The van der Waals surface area contributed by atoms with Crippen LogP contribution in [-0.4, -0.2) is 48.1 Å². The third kappa shape index (κ3) is 2.58. The highest BCUT2D eigenvalue weighted by Crippen LogP contribution is 2.42. The predicted octanol–water partition coefficient (Wildman–Crippen LogP) is 2.36. The van der Waals surface area contributed by atoms with Crippen molar-refractivity contribution in [1.29, 1.82) is 0 Å². The van der Waals surface area contributed by atoms with Gasteiger partial charge in [0.2, 0.25) is 5.95 Å². The molecule has 0 bridgehead atoms. The molecule has 6 heteroatoms. The first kappa shape index (κ1) is 12.9. The molecule has 1 saturated heterocycles.